The quantitative estimate of drug-likeness (QED) is 0.409. The Hall–Kier alpha value is -2.28. The Bertz CT molecular complexity index is 631. The van der Waals surface area contributed by atoms with Crippen LogP contribution in [-0.4, -0.2) is 53.1 Å². The van der Waals surface area contributed by atoms with Crippen LogP contribution in [0.4, 0.5) is 0 Å². The maximum Gasteiger partial charge on any atom is 0.191 e. The van der Waals surface area contributed by atoms with E-state index in [0.29, 0.717) is 6.54 Å². The van der Waals surface area contributed by atoms with Gasteiger partial charge in [-0.3, -0.25) is 9.89 Å². The Labute approximate surface area is 155 Å². The molecular formula is C19H30N6O. The van der Waals surface area contributed by atoms with E-state index in [1.165, 1.54) is 12.8 Å². The van der Waals surface area contributed by atoms with Gasteiger partial charge in [0.1, 0.15) is 5.76 Å². The van der Waals surface area contributed by atoms with Crippen molar-refractivity contribution >= 4 is 5.96 Å². The van der Waals surface area contributed by atoms with Crippen molar-refractivity contribution in [3.63, 3.8) is 0 Å². The lowest BCUT2D eigenvalue weighted by Crippen LogP contribution is -2.39. The lowest BCUT2D eigenvalue weighted by atomic mass is 10.2. The third-order valence-electron chi connectivity index (χ3n) is 4.66. The molecule has 0 spiro atoms. The van der Waals surface area contributed by atoms with E-state index in [-0.39, 0.29) is 6.04 Å². The van der Waals surface area contributed by atoms with Crippen LogP contribution in [0.25, 0.3) is 0 Å². The minimum atomic E-state index is 0.217. The summed E-state index contributed by atoms with van der Waals surface area (Å²) in [5.41, 5.74) is 0. The third-order valence-corrected chi connectivity index (χ3v) is 4.66. The molecule has 0 radical (unpaired) electrons. The van der Waals surface area contributed by atoms with Crippen LogP contribution in [0.1, 0.15) is 38.0 Å². The molecule has 1 saturated heterocycles. The standard InChI is InChI=1S/C19H30N6O/c1-2-21-19(22-8-6-10-24-13-9-20-16-24)23-15-17(18-7-5-14-26-18)25-11-3-4-12-25/h5,7,9,13-14,16-17H,2-4,6,8,10-12,15H2,1H3,(H2,21,22,23). The Morgan fingerprint density at radius 1 is 1.35 bits per heavy atom. The summed E-state index contributed by atoms with van der Waals surface area (Å²) in [5.74, 6) is 1.88. The van der Waals surface area contributed by atoms with Crippen molar-refractivity contribution < 1.29 is 4.42 Å². The van der Waals surface area contributed by atoms with Crippen LogP contribution in [0.5, 0.6) is 0 Å². The van der Waals surface area contributed by atoms with Crippen molar-refractivity contribution in [3.05, 3.63) is 42.9 Å². The van der Waals surface area contributed by atoms with Gasteiger partial charge in [0.15, 0.2) is 5.96 Å². The van der Waals surface area contributed by atoms with Crippen molar-refractivity contribution in [1.82, 2.24) is 25.1 Å². The van der Waals surface area contributed by atoms with E-state index in [1.54, 1.807) is 6.26 Å². The molecule has 7 heteroatoms. The van der Waals surface area contributed by atoms with E-state index in [1.807, 2.05) is 24.8 Å². The van der Waals surface area contributed by atoms with Gasteiger partial charge in [-0.25, -0.2) is 4.98 Å². The zero-order valence-corrected chi connectivity index (χ0v) is 15.6. The van der Waals surface area contributed by atoms with Crippen LogP contribution in [0.2, 0.25) is 0 Å². The van der Waals surface area contributed by atoms with E-state index in [4.69, 9.17) is 9.41 Å². The van der Waals surface area contributed by atoms with E-state index in [9.17, 15) is 0 Å². The summed E-state index contributed by atoms with van der Waals surface area (Å²) in [7, 11) is 0. The summed E-state index contributed by atoms with van der Waals surface area (Å²) in [6.45, 7) is 7.71. The average Bonchev–Trinajstić information content (AvgIpc) is 3.42. The minimum Gasteiger partial charge on any atom is -0.468 e. The predicted molar refractivity (Wildman–Crippen MR) is 103 cm³/mol. The summed E-state index contributed by atoms with van der Waals surface area (Å²) in [5, 5.41) is 6.77. The molecule has 1 fully saturated rings. The van der Waals surface area contributed by atoms with Crippen molar-refractivity contribution in [3.8, 4) is 0 Å². The fraction of sp³-hybridized carbons (Fsp3) is 0.579. The van der Waals surface area contributed by atoms with E-state index in [0.717, 1.165) is 50.9 Å². The molecule has 0 bridgehead atoms. The number of hydrogen-bond donors (Lipinski definition) is 2. The molecule has 0 aliphatic carbocycles. The van der Waals surface area contributed by atoms with Crippen LogP contribution < -0.4 is 10.6 Å². The first-order chi connectivity index (χ1) is 12.9. The molecule has 2 aromatic heterocycles. The molecule has 26 heavy (non-hydrogen) atoms. The normalized spacial score (nSPS) is 16.7. The van der Waals surface area contributed by atoms with Crippen molar-refractivity contribution in [2.75, 3.05) is 32.7 Å². The number of imidazole rings is 1. The van der Waals surface area contributed by atoms with Gasteiger partial charge in [-0.2, -0.15) is 0 Å². The van der Waals surface area contributed by atoms with Gasteiger partial charge in [0.05, 0.1) is 25.2 Å². The molecule has 7 nitrogen and oxygen atoms in total. The number of rotatable bonds is 9. The third kappa shape index (κ3) is 5.36. The fourth-order valence-electron chi connectivity index (χ4n) is 3.33. The highest BCUT2D eigenvalue weighted by molar-refractivity contribution is 5.79. The number of likely N-dealkylation sites (tertiary alicyclic amines) is 1. The smallest absolute Gasteiger partial charge is 0.191 e. The Morgan fingerprint density at radius 2 is 2.23 bits per heavy atom. The van der Waals surface area contributed by atoms with Crippen LogP contribution in [0.3, 0.4) is 0 Å². The Kier molecular flexibility index (Phi) is 7.13. The van der Waals surface area contributed by atoms with Crippen LogP contribution in [0.15, 0.2) is 46.5 Å². The van der Waals surface area contributed by atoms with Crippen molar-refractivity contribution in [1.29, 1.82) is 0 Å². The molecule has 3 rings (SSSR count). The van der Waals surface area contributed by atoms with Crippen LogP contribution in [0, 0.1) is 0 Å². The molecular weight excluding hydrogens is 328 g/mol. The number of aliphatic imine (C=N–C) groups is 1. The zero-order chi connectivity index (χ0) is 18.0. The first-order valence-corrected chi connectivity index (χ1v) is 9.62. The summed E-state index contributed by atoms with van der Waals surface area (Å²) in [4.78, 5) is 11.4. The number of nitrogens with zero attached hydrogens (tertiary/aromatic N) is 4. The van der Waals surface area contributed by atoms with Gasteiger partial charge in [0.25, 0.3) is 0 Å². The highest BCUT2D eigenvalue weighted by atomic mass is 16.3. The van der Waals surface area contributed by atoms with Gasteiger partial charge < -0.3 is 19.6 Å². The fourth-order valence-corrected chi connectivity index (χ4v) is 3.33. The lowest BCUT2D eigenvalue weighted by molar-refractivity contribution is 0.221. The Morgan fingerprint density at radius 3 is 2.92 bits per heavy atom. The zero-order valence-electron chi connectivity index (χ0n) is 15.6. The van der Waals surface area contributed by atoms with Gasteiger partial charge in [-0.15, -0.1) is 0 Å². The summed E-state index contributed by atoms with van der Waals surface area (Å²) in [6, 6.07) is 4.24. The largest absolute Gasteiger partial charge is 0.468 e. The van der Waals surface area contributed by atoms with Gasteiger partial charge in [-0.05, 0) is 51.4 Å². The number of guanidine groups is 1. The number of aryl methyl sites for hydroxylation is 1. The van der Waals surface area contributed by atoms with Gasteiger partial charge >= 0.3 is 0 Å². The van der Waals surface area contributed by atoms with E-state index in [2.05, 4.69) is 38.1 Å². The van der Waals surface area contributed by atoms with Crippen LogP contribution in [-0.2, 0) is 6.54 Å². The second-order valence-electron chi connectivity index (χ2n) is 6.57. The topological polar surface area (TPSA) is 70.6 Å². The second-order valence-corrected chi connectivity index (χ2v) is 6.57. The molecule has 3 heterocycles. The molecule has 1 atom stereocenters. The first kappa shape index (κ1) is 18.5. The molecule has 2 N–H and O–H groups in total. The van der Waals surface area contributed by atoms with Gasteiger partial charge in [-0.1, -0.05) is 0 Å². The van der Waals surface area contributed by atoms with Crippen molar-refractivity contribution in [2.24, 2.45) is 4.99 Å². The molecule has 0 amide bonds. The van der Waals surface area contributed by atoms with Gasteiger partial charge in [0, 0.05) is 32.0 Å². The summed E-state index contributed by atoms with van der Waals surface area (Å²) >= 11 is 0. The maximum atomic E-state index is 5.68. The molecule has 0 saturated carbocycles. The SMILES string of the molecule is CCNC(=NCC(c1ccco1)N1CCCC1)NCCCn1ccnc1. The van der Waals surface area contributed by atoms with E-state index < -0.39 is 0 Å². The number of nitrogens with one attached hydrogen (secondary N) is 2. The number of furan rings is 1. The molecule has 2 aromatic rings. The first-order valence-electron chi connectivity index (χ1n) is 9.62. The highest BCUT2D eigenvalue weighted by Gasteiger charge is 2.25. The van der Waals surface area contributed by atoms with Crippen molar-refractivity contribution in [2.45, 2.75) is 38.8 Å². The van der Waals surface area contributed by atoms with Gasteiger partial charge in [0.2, 0.25) is 0 Å². The molecule has 1 unspecified atom stereocenters. The summed E-state index contributed by atoms with van der Waals surface area (Å²) < 4.78 is 7.77. The molecule has 0 aromatic carbocycles. The molecule has 1 aliphatic rings. The second kappa shape index (κ2) is 10.0. The lowest BCUT2D eigenvalue weighted by Gasteiger charge is -2.24. The van der Waals surface area contributed by atoms with Crippen LogP contribution >= 0.6 is 0 Å². The maximum absolute atomic E-state index is 5.68. The number of hydrogen-bond acceptors (Lipinski definition) is 4. The monoisotopic (exact) mass is 358 g/mol. The Balaban J connectivity index is 1.53. The molecule has 1 aliphatic heterocycles. The number of aromatic nitrogens is 2. The average molecular weight is 358 g/mol. The predicted octanol–water partition coefficient (Wildman–Crippen LogP) is 2.26. The minimum absolute atomic E-state index is 0.217. The molecule has 142 valence electrons. The highest BCUT2D eigenvalue weighted by Crippen LogP contribution is 2.25. The summed E-state index contributed by atoms with van der Waals surface area (Å²) in [6.07, 6.45) is 10.9. The van der Waals surface area contributed by atoms with E-state index >= 15 is 0 Å².